The molecule has 0 radical (unpaired) electrons. The summed E-state index contributed by atoms with van der Waals surface area (Å²) >= 11 is 0. The number of rotatable bonds is 1. The van der Waals surface area contributed by atoms with Crippen molar-refractivity contribution in [2.75, 3.05) is 0 Å². The Kier molecular flexibility index (Phi) is 4.51. The maximum Gasteiger partial charge on any atom is 0.494 e. The highest BCUT2D eigenvalue weighted by Crippen LogP contribution is 2.61. The summed E-state index contributed by atoms with van der Waals surface area (Å²) < 4.78 is 12.9. The van der Waals surface area contributed by atoms with Gasteiger partial charge in [-0.3, -0.25) is 0 Å². The van der Waals surface area contributed by atoms with Crippen molar-refractivity contribution in [1.82, 2.24) is 0 Å². The van der Waals surface area contributed by atoms with Gasteiger partial charge in [-0.1, -0.05) is 105 Å². The molecule has 0 atom stereocenters. The molecule has 0 bridgehead atoms. The van der Waals surface area contributed by atoms with E-state index in [1.165, 1.54) is 44.5 Å². The van der Waals surface area contributed by atoms with Crippen LogP contribution in [0.1, 0.15) is 74.9 Å². The summed E-state index contributed by atoms with van der Waals surface area (Å²) in [5, 5.41) is 0. The van der Waals surface area contributed by atoms with E-state index in [2.05, 4.69) is 133 Å². The van der Waals surface area contributed by atoms with Crippen LogP contribution in [-0.2, 0) is 20.1 Å². The van der Waals surface area contributed by atoms with Crippen molar-refractivity contribution in [1.29, 1.82) is 0 Å². The first-order valence-electron chi connectivity index (χ1n) is 13.4. The number of hydrogen-bond acceptors (Lipinski definition) is 2. The van der Waals surface area contributed by atoms with Gasteiger partial charge in [0, 0.05) is 5.41 Å². The topological polar surface area (TPSA) is 18.5 Å². The summed E-state index contributed by atoms with van der Waals surface area (Å²) in [4.78, 5) is 0. The standard InChI is InChI=1S/C34H33BO2/c1-31(2)27-15-9-11-17-29(27)34(30-18-12-10-16-28(30)31)25-14-8-7-13-23(25)24-21-22(19-20-26(24)34)35-36-32(3,4)33(5,6)37-35/h7-21H,1-6H3. The molecule has 184 valence electrons. The summed E-state index contributed by atoms with van der Waals surface area (Å²) in [5.41, 5.74) is 10.7. The van der Waals surface area contributed by atoms with Crippen molar-refractivity contribution in [3.8, 4) is 11.1 Å². The van der Waals surface area contributed by atoms with Gasteiger partial charge in [0.25, 0.3) is 0 Å². The third kappa shape index (κ3) is 2.79. The molecule has 2 aliphatic carbocycles. The van der Waals surface area contributed by atoms with Crippen LogP contribution in [0, 0.1) is 0 Å². The Balaban J connectivity index is 1.53. The van der Waals surface area contributed by atoms with Gasteiger partial charge in [-0.05, 0) is 77.7 Å². The number of hydrogen-bond donors (Lipinski definition) is 0. The highest BCUT2D eigenvalue weighted by Gasteiger charge is 2.55. The molecule has 3 aliphatic rings. The number of benzene rings is 4. The average molecular weight is 484 g/mol. The first kappa shape index (κ1) is 23.0. The molecular weight excluding hydrogens is 451 g/mol. The Hall–Kier alpha value is -3.14. The zero-order valence-electron chi connectivity index (χ0n) is 22.6. The van der Waals surface area contributed by atoms with Crippen molar-refractivity contribution in [2.24, 2.45) is 0 Å². The lowest BCUT2D eigenvalue weighted by Gasteiger charge is -2.46. The van der Waals surface area contributed by atoms with Crippen molar-refractivity contribution < 1.29 is 9.31 Å². The lowest BCUT2D eigenvalue weighted by Crippen LogP contribution is -2.41. The molecule has 7 rings (SSSR count). The fraction of sp³-hybridized carbons (Fsp3) is 0.294. The third-order valence-corrected chi connectivity index (χ3v) is 9.60. The lowest BCUT2D eigenvalue weighted by atomic mass is 9.55. The Morgan fingerprint density at radius 1 is 0.486 bits per heavy atom. The van der Waals surface area contributed by atoms with Crippen LogP contribution in [0.3, 0.4) is 0 Å². The first-order chi connectivity index (χ1) is 17.6. The summed E-state index contributed by atoms with van der Waals surface area (Å²) in [5.74, 6) is 0. The van der Waals surface area contributed by atoms with Crippen LogP contribution >= 0.6 is 0 Å². The predicted molar refractivity (Wildman–Crippen MR) is 152 cm³/mol. The van der Waals surface area contributed by atoms with Crippen LogP contribution in [-0.4, -0.2) is 18.3 Å². The zero-order valence-corrected chi connectivity index (χ0v) is 22.6. The van der Waals surface area contributed by atoms with E-state index < -0.39 is 0 Å². The van der Waals surface area contributed by atoms with Crippen molar-refractivity contribution in [3.05, 3.63) is 124 Å². The number of fused-ring (bicyclic) bond motifs is 9. The van der Waals surface area contributed by atoms with E-state index in [1.807, 2.05) is 0 Å². The van der Waals surface area contributed by atoms with E-state index in [0.717, 1.165) is 5.46 Å². The molecule has 3 heteroatoms. The van der Waals surface area contributed by atoms with Crippen LogP contribution < -0.4 is 5.46 Å². The molecular formula is C34H33BO2. The van der Waals surface area contributed by atoms with Gasteiger partial charge in [0.05, 0.1) is 16.6 Å². The van der Waals surface area contributed by atoms with Crippen LogP contribution in [0.5, 0.6) is 0 Å². The fourth-order valence-electron chi connectivity index (χ4n) is 7.01. The van der Waals surface area contributed by atoms with Gasteiger partial charge in [-0.2, -0.15) is 0 Å². The van der Waals surface area contributed by atoms with Crippen LogP contribution in [0.4, 0.5) is 0 Å². The van der Waals surface area contributed by atoms with E-state index in [4.69, 9.17) is 9.31 Å². The smallest absolute Gasteiger partial charge is 0.399 e. The lowest BCUT2D eigenvalue weighted by molar-refractivity contribution is 0.00578. The quantitative estimate of drug-likeness (QED) is 0.239. The molecule has 1 saturated heterocycles. The maximum atomic E-state index is 6.45. The summed E-state index contributed by atoms with van der Waals surface area (Å²) in [6.07, 6.45) is 0. The van der Waals surface area contributed by atoms with Gasteiger partial charge in [0.1, 0.15) is 0 Å². The van der Waals surface area contributed by atoms with E-state index in [9.17, 15) is 0 Å². The van der Waals surface area contributed by atoms with Crippen molar-refractivity contribution in [2.45, 2.75) is 63.6 Å². The van der Waals surface area contributed by atoms with E-state index in [0.29, 0.717) is 0 Å². The first-order valence-corrected chi connectivity index (χ1v) is 13.4. The molecule has 1 spiro atoms. The SMILES string of the molecule is CC1(C)c2ccccc2C2(c3ccccc3-c3cc(B4OC(C)(C)C(C)(C)O4)ccc32)c2ccccc21. The molecule has 1 fully saturated rings. The molecule has 0 aromatic heterocycles. The van der Waals surface area contributed by atoms with Crippen molar-refractivity contribution >= 4 is 12.6 Å². The summed E-state index contributed by atoms with van der Waals surface area (Å²) in [7, 11) is -0.385. The molecule has 1 aliphatic heterocycles. The zero-order chi connectivity index (χ0) is 25.8. The van der Waals surface area contributed by atoms with E-state index >= 15 is 0 Å². The second kappa shape index (κ2) is 7.25. The van der Waals surface area contributed by atoms with Crippen LogP contribution in [0.25, 0.3) is 11.1 Å². The molecule has 4 aromatic carbocycles. The predicted octanol–water partition coefficient (Wildman–Crippen LogP) is 6.99. The Morgan fingerprint density at radius 2 is 0.946 bits per heavy atom. The minimum atomic E-state index is -0.385. The summed E-state index contributed by atoms with van der Waals surface area (Å²) in [6.45, 7) is 13.2. The largest absolute Gasteiger partial charge is 0.494 e. The minimum absolute atomic E-state index is 0.0846. The van der Waals surface area contributed by atoms with E-state index in [1.54, 1.807) is 0 Å². The Morgan fingerprint density at radius 3 is 1.51 bits per heavy atom. The molecule has 0 N–H and O–H groups in total. The second-order valence-corrected chi connectivity index (χ2v) is 12.4. The monoisotopic (exact) mass is 484 g/mol. The maximum absolute atomic E-state index is 6.45. The highest BCUT2D eigenvalue weighted by molar-refractivity contribution is 6.62. The molecule has 4 aromatic rings. The molecule has 2 nitrogen and oxygen atoms in total. The fourth-order valence-corrected chi connectivity index (χ4v) is 7.01. The minimum Gasteiger partial charge on any atom is -0.399 e. The van der Waals surface area contributed by atoms with Crippen LogP contribution in [0.15, 0.2) is 91.0 Å². The van der Waals surface area contributed by atoms with Crippen LogP contribution in [0.2, 0.25) is 0 Å². The molecule has 0 unspecified atom stereocenters. The van der Waals surface area contributed by atoms with Gasteiger partial charge in [-0.15, -0.1) is 0 Å². The summed E-state index contributed by atoms with van der Waals surface area (Å²) in [6, 6.07) is 33.9. The van der Waals surface area contributed by atoms with Gasteiger partial charge < -0.3 is 9.31 Å². The van der Waals surface area contributed by atoms with Gasteiger partial charge in [0.2, 0.25) is 0 Å². The average Bonchev–Trinajstić information content (AvgIpc) is 3.30. The van der Waals surface area contributed by atoms with Crippen molar-refractivity contribution in [3.63, 3.8) is 0 Å². The Labute approximate surface area is 220 Å². The third-order valence-electron chi connectivity index (χ3n) is 9.60. The van der Waals surface area contributed by atoms with Gasteiger partial charge >= 0.3 is 7.12 Å². The second-order valence-electron chi connectivity index (χ2n) is 12.4. The molecule has 37 heavy (non-hydrogen) atoms. The van der Waals surface area contributed by atoms with E-state index in [-0.39, 0.29) is 29.2 Å². The molecule has 0 saturated carbocycles. The molecule has 0 amide bonds. The highest BCUT2D eigenvalue weighted by atomic mass is 16.7. The van der Waals surface area contributed by atoms with Gasteiger partial charge in [0.15, 0.2) is 0 Å². The van der Waals surface area contributed by atoms with Gasteiger partial charge in [-0.25, -0.2) is 0 Å². The Bertz CT molecular complexity index is 1510. The molecule has 1 heterocycles. The normalized spacial score (nSPS) is 20.8.